The van der Waals surface area contributed by atoms with Crippen molar-refractivity contribution >= 4 is 16.9 Å². The summed E-state index contributed by atoms with van der Waals surface area (Å²) < 4.78 is 11.0. The van der Waals surface area contributed by atoms with E-state index in [-0.39, 0.29) is 23.5 Å². The van der Waals surface area contributed by atoms with Gasteiger partial charge in [0.2, 0.25) is 5.43 Å². The molecular formula is C17H18O4. The quantitative estimate of drug-likeness (QED) is 0.808. The molecule has 0 radical (unpaired) electrons. The molecule has 4 nitrogen and oxygen atoms in total. The maximum Gasteiger partial charge on any atom is 0.345 e. The van der Waals surface area contributed by atoms with Crippen molar-refractivity contribution in [3.63, 3.8) is 0 Å². The number of hydrogen-bond donors (Lipinski definition) is 0. The second kappa shape index (κ2) is 5.72. The number of fused-ring (bicyclic) bond motifs is 1. The Kier molecular flexibility index (Phi) is 3.78. The monoisotopic (exact) mass is 286 g/mol. The van der Waals surface area contributed by atoms with Crippen molar-refractivity contribution in [1.29, 1.82) is 0 Å². The summed E-state index contributed by atoms with van der Waals surface area (Å²) in [6.45, 7) is 1.98. The molecule has 0 saturated heterocycles. The molecule has 1 heterocycles. The third kappa shape index (κ3) is 2.46. The van der Waals surface area contributed by atoms with E-state index in [2.05, 4.69) is 0 Å². The molecule has 1 fully saturated rings. The van der Waals surface area contributed by atoms with Gasteiger partial charge in [0.15, 0.2) is 0 Å². The molecule has 0 spiro atoms. The lowest BCUT2D eigenvalue weighted by atomic mass is 9.98. The lowest BCUT2D eigenvalue weighted by Crippen LogP contribution is -2.21. The predicted octanol–water partition coefficient (Wildman–Crippen LogP) is 3.63. The van der Waals surface area contributed by atoms with Crippen LogP contribution >= 0.6 is 0 Å². The van der Waals surface area contributed by atoms with Gasteiger partial charge in [-0.1, -0.05) is 25.0 Å². The van der Waals surface area contributed by atoms with E-state index >= 15 is 0 Å². The van der Waals surface area contributed by atoms with Gasteiger partial charge in [-0.25, -0.2) is 4.79 Å². The highest BCUT2D eigenvalue weighted by Gasteiger charge is 2.29. The Balaban J connectivity index is 2.24. The van der Waals surface area contributed by atoms with Crippen LogP contribution in [0.1, 0.15) is 54.6 Å². The van der Waals surface area contributed by atoms with Gasteiger partial charge in [0.1, 0.15) is 16.9 Å². The maximum atomic E-state index is 12.7. The highest BCUT2D eigenvalue weighted by atomic mass is 16.5. The number of ether oxygens (including phenoxy) is 1. The zero-order valence-corrected chi connectivity index (χ0v) is 12.1. The first-order valence-corrected chi connectivity index (χ1v) is 7.45. The van der Waals surface area contributed by atoms with E-state index in [9.17, 15) is 9.59 Å². The minimum absolute atomic E-state index is 0.0856. The second-order valence-corrected chi connectivity index (χ2v) is 5.37. The number of hydrogen-bond acceptors (Lipinski definition) is 4. The van der Waals surface area contributed by atoms with Gasteiger partial charge >= 0.3 is 5.97 Å². The normalized spacial score (nSPS) is 15.5. The largest absolute Gasteiger partial charge is 0.462 e. The maximum absolute atomic E-state index is 12.7. The van der Waals surface area contributed by atoms with Crippen molar-refractivity contribution in [3.05, 3.63) is 45.8 Å². The van der Waals surface area contributed by atoms with Crippen LogP contribution in [0.2, 0.25) is 0 Å². The summed E-state index contributed by atoms with van der Waals surface area (Å²) in [6.07, 6.45) is 4.11. The lowest BCUT2D eigenvalue weighted by molar-refractivity contribution is 0.0519. The number of carbonyl (C=O) groups is 1. The molecule has 1 aromatic carbocycles. The summed E-state index contributed by atoms with van der Waals surface area (Å²) in [7, 11) is 0. The summed E-state index contributed by atoms with van der Waals surface area (Å²) in [5.74, 6) is 0.0789. The first-order valence-electron chi connectivity index (χ1n) is 7.45. The summed E-state index contributed by atoms with van der Waals surface area (Å²) >= 11 is 0. The third-order valence-electron chi connectivity index (χ3n) is 4.03. The fourth-order valence-electron chi connectivity index (χ4n) is 3.03. The highest BCUT2D eigenvalue weighted by molar-refractivity contribution is 5.94. The molecule has 1 saturated carbocycles. The van der Waals surface area contributed by atoms with E-state index < -0.39 is 5.97 Å². The molecule has 21 heavy (non-hydrogen) atoms. The van der Waals surface area contributed by atoms with Crippen molar-refractivity contribution < 1.29 is 13.9 Å². The molecule has 2 aromatic rings. The molecule has 1 aliphatic carbocycles. The van der Waals surface area contributed by atoms with Gasteiger partial charge in [0.25, 0.3) is 0 Å². The number of esters is 1. The Morgan fingerprint density at radius 3 is 2.71 bits per heavy atom. The molecule has 0 unspecified atom stereocenters. The van der Waals surface area contributed by atoms with Crippen LogP contribution in [0.3, 0.4) is 0 Å². The van der Waals surface area contributed by atoms with Crippen molar-refractivity contribution in [2.75, 3.05) is 6.61 Å². The molecular weight excluding hydrogens is 268 g/mol. The van der Waals surface area contributed by atoms with Crippen LogP contribution in [0.25, 0.3) is 11.0 Å². The molecule has 0 N–H and O–H groups in total. The van der Waals surface area contributed by atoms with Crippen LogP contribution in [0.4, 0.5) is 0 Å². The Hall–Kier alpha value is -2.10. The fourth-order valence-corrected chi connectivity index (χ4v) is 3.03. The molecule has 3 rings (SSSR count). The SMILES string of the molecule is CCOC(=O)c1c(C2CCCC2)oc2ccccc2c1=O. The number of rotatable bonds is 3. The van der Waals surface area contributed by atoms with Gasteiger partial charge < -0.3 is 9.15 Å². The number of carbonyl (C=O) groups excluding carboxylic acids is 1. The van der Waals surface area contributed by atoms with Crippen LogP contribution in [0.5, 0.6) is 0 Å². The van der Waals surface area contributed by atoms with E-state index in [1.165, 1.54) is 0 Å². The molecule has 0 bridgehead atoms. The van der Waals surface area contributed by atoms with E-state index in [1.807, 2.05) is 6.07 Å². The minimum atomic E-state index is -0.570. The molecule has 0 atom stereocenters. The predicted molar refractivity (Wildman–Crippen MR) is 79.6 cm³/mol. The smallest absolute Gasteiger partial charge is 0.345 e. The molecule has 0 amide bonds. The van der Waals surface area contributed by atoms with Crippen molar-refractivity contribution in [1.82, 2.24) is 0 Å². The van der Waals surface area contributed by atoms with Crippen LogP contribution in [-0.4, -0.2) is 12.6 Å². The first kappa shape index (κ1) is 13.9. The highest BCUT2D eigenvalue weighted by Crippen LogP contribution is 2.36. The van der Waals surface area contributed by atoms with Crippen molar-refractivity contribution in [2.24, 2.45) is 0 Å². The summed E-state index contributed by atoms with van der Waals surface area (Å²) in [5, 5.41) is 0.433. The van der Waals surface area contributed by atoms with Crippen LogP contribution in [0, 0.1) is 0 Å². The van der Waals surface area contributed by atoms with E-state index in [4.69, 9.17) is 9.15 Å². The molecule has 1 aliphatic rings. The zero-order valence-electron chi connectivity index (χ0n) is 12.1. The average molecular weight is 286 g/mol. The average Bonchev–Trinajstić information content (AvgIpc) is 3.01. The first-order chi connectivity index (χ1) is 10.2. The van der Waals surface area contributed by atoms with E-state index in [1.54, 1.807) is 25.1 Å². The number of para-hydroxylation sites is 1. The van der Waals surface area contributed by atoms with Gasteiger partial charge in [0.05, 0.1) is 12.0 Å². The Morgan fingerprint density at radius 1 is 1.29 bits per heavy atom. The second-order valence-electron chi connectivity index (χ2n) is 5.37. The van der Waals surface area contributed by atoms with Crippen LogP contribution < -0.4 is 5.43 Å². The fraction of sp³-hybridized carbons (Fsp3) is 0.412. The van der Waals surface area contributed by atoms with E-state index in [0.717, 1.165) is 25.7 Å². The summed E-state index contributed by atoms with van der Waals surface area (Å²) in [5.41, 5.74) is 0.345. The molecule has 110 valence electrons. The zero-order chi connectivity index (χ0) is 14.8. The molecule has 4 heteroatoms. The van der Waals surface area contributed by atoms with E-state index in [0.29, 0.717) is 16.7 Å². The van der Waals surface area contributed by atoms with Gasteiger partial charge in [-0.15, -0.1) is 0 Å². The van der Waals surface area contributed by atoms with Crippen molar-refractivity contribution in [2.45, 2.75) is 38.5 Å². The number of benzene rings is 1. The standard InChI is InChI=1S/C17H18O4/c1-2-20-17(19)14-15(18)12-9-5-6-10-13(12)21-16(14)11-7-3-4-8-11/h5-6,9-11H,2-4,7-8H2,1H3. The molecule has 0 aliphatic heterocycles. The van der Waals surface area contributed by atoms with Crippen molar-refractivity contribution in [3.8, 4) is 0 Å². The Labute approximate surface area is 122 Å². The Morgan fingerprint density at radius 2 is 2.00 bits per heavy atom. The molecule has 1 aromatic heterocycles. The summed E-state index contributed by atoms with van der Waals surface area (Å²) in [6, 6.07) is 7.05. The lowest BCUT2D eigenvalue weighted by Gasteiger charge is -2.13. The third-order valence-corrected chi connectivity index (χ3v) is 4.03. The topological polar surface area (TPSA) is 56.5 Å². The summed E-state index contributed by atoms with van der Waals surface area (Å²) in [4.78, 5) is 24.9. The van der Waals surface area contributed by atoms with Gasteiger partial charge in [0, 0.05) is 5.92 Å². The van der Waals surface area contributed by atoms with Gasteiger partial charge in [-0.3, -0.25) is 4.79 Å². The van der Waals surface area contributed by atoms with Gasteiger partial charge in [-0.05, 0) is 31.9 Å². The minimum Gasteiger partial charge on any atom is -0.462 e. The Bertz CT molecular complexity index is 723. The van der Waals surface area contributed by atoms with Crippen LogP contribution in [-0.2, 0) is 4.74 Å². The van der Waals surface area contributed by atoms with Crippen LogP contribution in [0.15, 0.2) is 33.5 Å². The van der Waals surface area contributed by atoms with Gasteiger partial charge in [-0.2, -0.15) is 0 Å².